The minimum Gasteiger partial charge on any atom is -0.481 e. The number of carboxylic acids is 1. The molecule has 1 aliphatic carbocycles. The lowest BCUT2D eigenvalue weighted by Gasteiger charge is -2.27. The van der Waals surface area contributed by atoms with Gasteiger partial charge in [0.2, 0.25) is 11.8 Å². The Morgan fingerprint density at radius 1 is 1.08 bits per heavy atom. The first kappa shape index (κ1) is 17.5. The predicted molar refractivity (Wildman–Crippen MR) is 93.0 cm³/mol. The van der Waals surface area contributed by atoms with E-state index < -0.39 is 17.8 Å². The van der Waals surface area contributed by atoms with E-state index in [0.717, 1.165) is 37.1 Å². The van der Waals surface area contributed by atoms with Gasteiger partial charge in [-0.3, -0.25) is 14.4 Å². The molecule has 0 radical (unpaired) electrons. The zero-order chi connectivity index (χ0) is 17.8. The SMILES string of the molecule is O=C(NCc1ccc(N2CCCC2=O)cc1)[C@H]1CCCC[C@H]1C(=O)O. The van der Waals surface area contributed by atoms with Gasteiger partial charge in [0.05, 0.1) is 11.8 Å². The van der Waals surface area contributed by atoms with Crippen molar-refractivity contribution in [3.05, 3.63) is 29.8 Å². The van der Waals surface area contributed by atoms with Crippen LogP contribution in [0.4, 0.5) is 5.69 Å². The first-order valence-electron chi connectivity index (χ1n) is 8.96. The van der Waals surface area contributed by atoms with Crippen molar-refractivity contribution < 1.29 is 19.5 Å². The fourth-order valence-corrected chi connectivity index (χ4v) is 3.78. The first-order valence-corrected chi connectivity index (χ1v) is 8.96. The summed E-state index contributed by atoms with van der Waals surface area (Å²) in [5.41, 5.74) is 1.82. The number of nitrogens with zero attached hydrogens (tertiary/aromatic N) is 1. The molecule has 2 amide bonds. The number of anilines is 1. The summed E-state index contributed by atoms with van der Waals surface area (Å²) in [4.78, 5) is 37.2. The van der Waals surface area contributed by atoms with Crippen molar-refractivity contribution in [3.63, 3.8) is 0 Å². The third-order valence-electron chi connectivity index (χ3n) is 5.21. The third kappa shape index (κ3) is 4.00. The molecule has 2 atom stereocenters. The van der Waals surface area contributed by atoms with E-state index in [1.807, 2.05) is 24.3 Å². The van der Waals surface area contributed by atoms with E-state index in [-0.39, 0.29) is 11.8 Å². The zero-order valence-corrected chi connectivity index (χ0v) is 14.2. The Kier molecular flexibility index (Phi) is 5.36. The number of benzene rings is 1. The molecule has 1 aromatic carbocycles. The van der Waals surface area contributed by atoms with Gasteiger partial charge in [-0.05, 0) is 37.0 Å². The van der Waals surface area contributed by atoms with Crippen molar-refractivity contribution in [1.29, 1.82) is 0 Å². The molecule has 1 heterocycles. The molecule has 0 unspecified atom stereocenters. The largest absolute Gasteiger partial charge is 0.481 e. The zero-order valence-electron chi connectivity index (χ0n) is 14.2. The molecule has 1 aromatic rings. The van der Waals surface area contributed by atoms with Crippen LogP contribution >= 0.6 is 0 Å². The highest BCUT2D eigenvalue weighted by Crippen LogP contribution is 2.30. The third-order valence-corrected chi connectivity index (χ3v) is 5.21. The maximum atomic E-state index is 12.4. The molecule has 2 N–H and O–H groups in total. The summed E-state index contributed by atoms with van der Waals surface area (Å²) in [7, 11) is 0. The summed E-state index contributed by atoms with van der Waals surface area (Å²) in [5.74, 6) is -1.91. The van der Waals surface area contributed by atoms with Gasteiger partial charge in [-0.25, -0.2) is 0 Å². The lowest BCUT2D eigenvalue weighted by Crippen LogP contribution is -2.39. The van der Waals surface area contributed by atoms with Crippen molar-refractivity contribution in [1.82, 2.24) is 5.32 Å². The normalized spacial score (nSPS) is 23.5. The topological polar surface area (TPSA) is 86.7 Å². The summed E-state index contributed by atoms with van der Waals surface area (Å²) in [6.07, 6.45) is 4.48. The van der Waals surface area contributed by atoms with E-state index in [1.54, 1.807) is 4.90 Å². The van der Waals surface area contributed by atoms with Crippen molar-refractivity contribution in [2.24, 2.45) is 11.8 Å². The molecule has 6 nitrogen and oxygen atoms in total. The second-order valence-corrected chi connectivity index (χ2v) is 6.87. The highest BCUT2D eigenvalue weighted by atomic mass is 16.4. The van der Waals surface area contributed by atoms with Gasteiger partial charge >= 0.3 is 5.97 Å². The number of carbonyl (C=O) groups excluding carboxylic acids is 2. The second kappa shape index (κ2) is 7.68. The Balaban J connectivity index is 1.56. The van der Waals surface area contributed by atoms with Gasteiger partial charge in [-0.2, -0.15) is 0 Å². The van der Waals surface area contributed by atoms with E-state index in [0.29, 0.717) is 25.8 Å². The maximum Gasteiger partial charge on any atom is 0.307 e. The maximum absolute atomic E-state index is 12.4. The molecule has 3 rings (SSSR count). The van der Waals surface area contributed by atoms with Crippen molar-refractivity contribution in [3.8, 4) is 0 Å². The number of amides is 2. The highest BCUT2D eigenvalue weighted by Gasteiger charge is 2.35. The number of carbonyl (C=O) groups is 3. The molecule has 0 aromatic heterocycles. The Morgan fingerprint density at radius 2 is 1.76 bits per heavy atom. The van der Waals surface area contributed by atoms with Crippen LogP contribution in [0.1, 0.15) is 44.1 Å². The molecule has 0 spiro atoms. The molecule has 134 valence electrons. The van der Waals surface area contributed by atoms with Crippen LogP contribution in [0.2, 0.25) is 0 Å². The number of hydrogen-bond acceptors (Lipinski definition) is 3. The summed E-state index contributed by atoms with van der Waals surface area (Å²) >= 11 is 0. The van der Waals surface area contributed by atoms with Crippen LogP contribution in [0.25, 0.3) is 0 Å². The minimum absolute atomic E-state index is 0.151. The molecular weight excluding hydrogens is 320 g/mol. The summed E-state index contributed by atoms with van der Waals surface area (Å²) < 4.78 is 0. The average Bonchev–Trinajstić information content (AvgIpc) is 3.06. The number of carboxylic acid groups (broad SMARTS) is 1. The van der Waals surface area contributed by atoms with Gasteiger partial charge in [-0.1, -0.05) is 25.0 Å². The van der Waals surface area contributed by atoms with E-state index >= 15 is 0 Å². The number of hydrogen-bond donors (Lipinski definition) is 2. The van der Waals surface area contributed by atoms with Crippen molar-refractivity contribution in [2.75, 3.05) is 11.4 Å². The highest BCUT2D eigenvalue weighted by molar-refractivity contribution is 5.95. The lowest BCUT2D eigenvalue weighted by molar-refractivity contribution is -0.148. The van der Waals surface area contributed by atoms with Crippen LogP contribution in [0.3, 0.4) is 0 Å². The molecule has 25 heavy (non-hydrogen) atoms. The van der Waals surface area contributed by atoms with Gasteiger partial charge in [0.1, 0.15) is 0 Å². The van der Waals surface area contributed by atoms with E-state index in [4.69, 9.17) is 0 Å². The molecule has 1 saturated heterocycles. The smallest absolute Gasteiger partial charge is 0.307 e. The van der Waals surface area contributed by atoms with Crippen LogP contribution in [0.5, 0.6) is 0 Å². The van der Waals surface area contributed by atoms with Crippen LogP contribution in [0, 0.1) is 11.8 Å². The molecule has 0 bridgehead atoms. The number of nitrogens with one attached hydrogen (secondary N) is 1. The molecule has 1 aliphatic heterocycles. The first-order chi connectivity index (χ1) is 12.1. The van der Waals surface area contributed by atoms with Crippen LogP contribution in [-0.4, -0.2) is 29.4 Å². The Bertz CT molecular complexity index is 656. The Labute approximate surface area is 147 Å². The van der Waals surface area contributed by atoms with Crippen LogP contribution < -0.4 is 10.2 Å². The fraction of sp³-hybridized carbons (Fsp3) is 0.526. The minimum atomic E-state index is -0.875. The lowest BCUT2D eigenvalue weighted by atomic mass is 9.78. The van der Waals surface area contributed by atoms with Crippen molar-refractivity contribution >= 4 is 23.5 Å². The summed E-state index contributed by atoms with van der Waals surface area (Å²) in [6.45, 7) is 1.13. The van der Waals surface area contributed by atoms with E-state index in [9.17, 15) is 19.5 Å². The number of aliphatic carboxylic acids is 1. The summed E-state index contributed by atoms with van der Waals surface area (Å²) in [5, 5.41) is 12.2. The molecule has 2 fully saturated rings. The molecule has 2 aliphatic rings. The number of rotatable bonds is 5. The van der Waals surface area contributed by atoms with Gasteiger partial charge in [0.15, 0.2) is 0 Å². The molecule has 1 saturated carbocycles. The Morgan fingerprint density at radius 3 is 2.36 bits per heavy atom. The van der Waals surface area contributed by atoms with Crippen molar-refractivity contribution in [2.45, 2.75) is 45.1 Å². The fourth-order valence-electron chi connectivity index (χ4n) is 3.78. The van der Waals surface area contributed by atoms with E-state index in [2.05, 4.69) is 5.32 Å². The van der Waals surface area contributed by atoms with Crippen LogP contribution in [0.15, 0.2) is 24.3 Å². The van der Waals surface area contributed by atoms with Gasteiger partial charge in [-0.15, -0.1) is 0 Å². The van der Waals surface area contributed by atoms with Gasteiger partial charge in [0.25, 0.3) is 0 Å². The summed E-state index contributed by atoms with van der Waals surface area (Å²) in [6, 6.07) is 7.59. The quantitative estimate of drug-likeness (QED) is 0.858. The standard InChI is InChI=1S/C19H24N2O4/c22-17-6-3-11-21(17)14-9-7-13(8-10-14)12-20-18(23)15-4-1-2-5-16(15)19(24)25/h7-10,15-16H,1-6,11-12H2,(H,20,23)(H,24,25)/t15-,16+/m0/s1. The monoisotopic (exact) mass is 344 g/mol. The Hall–Kier alpha value is -2.37. The average molecular weight is 344 g/mol. The predicted octanol–water partition coefficient (Wildman–Crippen LogP) is 2.32. The van der Waals surface area contributed by atoms with Gasteiger partial charge in [0, 0.05) is 25.2 Å². The second-order valence-electron chi connectivity index (χ2n) is 6.87. The molecule has 6 heteroatoms. The molecular formula is C19H24N2O4. The van der Waals surface area contributed by atoms with Gasteiger partial charge < -0.3 is 15.3 Å². The van der Waals surface area contributed by atoms with Crippen LogP contribution in [-0.2, 0) is 20.9 Å². The van der Waals surface area contributed by atoms with E-state index in [1.165, 1.54) is 0 Å².